The van der Waals surface area contributed by atoms with Gasteiger partial charge in [0.1, 0.15) is 10.8 Å². The molecule has 0 radical (unpaired) electrons. The largest absolute Gasteiger partial charge is 0.352 e. The Kier molecular flexibility index (Phi) is 3.61. The van der Waals surface area contributed by atoms with Gasteiger partial charge < -0.3 is 4.90 Å². The molecule has 9 heteroatoms. The Labute approximate surface area is 147 Å². The molecule has 1 saturated heterocycles. The summed E-state index contributed by atoms with van der Waals surface area (Å²) in [6.07, 6.45) is 4.01. The molecule has 0 spiro atoms. The quantitative estimate of drug-likeness (QED) is 0.665. The molecule has 130 valence electrons. The second-order valence-electron chi connectivity index (χ2n) is 6.22. The average Bonchev–Trinajstić information content (AvgIpc) is 2.91. The van der Waals surface area contributed by atoms with Crippen molar-refractivity contribution in [3.63, 3.8) is 0 Å². The summed E-state index contributed by atoms with van der Waals surface area (Å²) in [6.45, 7) is 3.78. The van der Waals surface area contributed by atoms with Crippen molar-refractivity contribution in [1.29, 1.82) is 0 Å². The van der Waals surface area contributed by atoms with Crippen molar-refractivity contribution in [3.8, 4) is 5.95 Å². The minimum absolute atomic E-state index is 0.0747. The predicted molar refractivity (Wildman–Crippen MR) is 90.5 cm³/mol. The minimum Gasteiger partial charge on any atom is -0.352 e. The zero-order valence-corrected chi connectivity index (χ0v) is 14.4. The third-order valence-corrected chi connectivity index (χ3v) is 4.59. The van der Waals surface area contributed by atoms with E-state index in [4.69, 9.17) is 11.6 Å². The van der Waals surface area contributed by atoms with Gasteiger partial charge in [-0.05, 0) is 19.4 Å². The van der Waals surface area contributed by atoms with Crippen molar-refractivity contribution in [2.24, 2.45) is 0 Å². The molecule has 0 N–H and O–H groups in total. The number of alkyl halides is 2. The summed E-state index contributed by atoms with van der Waals surface area (Å²) >= 11 is 6.02. The molecule has 0 saturated carbocycles. The number of hydrogen-bond acceptors (Lipinski definition) is 5. The first-order valence-electron chi connectivity index (χ1n) is 7.87. The van der Waals surface area contributed by atoms with Crippen LogP contribution in [0.2, 0.25) is 5.15 Å². The zero-order valence-electron chi connectivity index (χ0n) is 13.6. The molecule has 6 nitrogen and oxygen atoms in total. The van der Waals surface area contributed by atoms with Crippen molar-refractivity contribution in [2.75, 3.05) is 11.4 Å². The first-order valence-corrected chi connectivity index (χ1v) is 8.25. The highest BCUT2D eigenvalue weighted by Gasteiger charge is 2.30. The van der Waals surface area contributed by atoms with Crippen LogP contribution in [0.15, 0.2) is 24.5 Å². The second kappa shape index (κ2) is 5.59. The van der Waals surface area contributed by atoms with Crippen LogP contribution in [0.5, 0.6) is 0 Å². The molecule has 0 bridgehead atoms. The molecule has 1 fully saturated rings. The van der Waals surface area contributed by atoms with Crippen LogP contribution in [-0.4, -0.2) is 37.3 Å². The van der Waals surface area contributed by atoms with Crippen molar-refractivity contribution < 1.29 is 8.78 Å². The van der Waals surface area contributed by atoms with E-state index in [2.05, 4.69) is 31.9 Å². The number of anilines is 1. The van der Waals surface area contributed by atoms with Crippen LogP contribution in [0.4, 0.5) is 14.6 Å². The zero-order chi connectivity index (χ0) is 17.8. The van der Waals surface area contributed by atoms with Crippen molar-refractivity contribution in [3.05, 3.63) is 35.4 Å². The maximum Gasteiger partial charge on any atom is 0.287 e. The summed E-state index contributed by atoms with van der Waals surface area (Å²) < 4.78 is 28.7. The fourth-order valence-electron chi connectivity index (χ4n) is 2.86. The van der Waals surface area contributed by atoms with Gasteiger partial charge in [0.25, 0.3) is 11.9 Å². The molecule has 0 aromatic carbocycles. The highest BCUT2D eigenvalue weighted by molar-refractivity contribution is 6.30. The molecule has 1 aliphatic heterocycles. The first-order chi connectivity index (χ1) is 11.8. The molecule has 0 amide bonds. The van der Waals surface area contributed by atoms with E-state index < -0.39 is 5.92 Å². The van der Waals surface area contributed by atoms with Gasteiger partial charge in [-0.15, -0.1) is 5.10 Å². The molecule has 3 aromatic heterocycles. The SMILES string of the molecule is CC1CCN1c1nn(-c2nccc(C(C)(F)F)n2)c2cc(Cl)ncc12. The fraction of sp³-hybridized carbons (Fsp3) is 0.375. The summed E-state index contributed by atoms with van der Waals surface area (Å²) in [4.78, 5) is 14.4. The van der Waals surface area contributed by atoms with Crippen LogP contribution >= 0.6 is 11.6 Å². The number of rotatable bonds is 3. The topological polar surface area (TPSA) is 59.7 Å². The molecule has 0 aliphatic carbocycles. The van der Waals surface area contributed by atoms with Crippen LogP contribution < -0.4 is 4.90 Å². The minimum atomic E-state index is -3.06. The summed E-state index contributed by atoms with van der Waals surface area (Å²) in [7, 11) is 0. The summed E-state index contributed by atoms with van der Waals surface area (Å²) in [5, 5.41) is 5.64. The standard InChI is InChI=1S/C16H15ClF2N6/c1-9-4-6-24(9)14-10-8-21-13(17)7-11(10)25(23-14)15-20-5-3-12(22-15)16(2,18)19/h3,5,7-9H,4,6H2,1-2H3. The molecule has 3 aromatic rings. The molecule has 1 unspecified atom stereocenters. The molecule has 4 rings (SSSR count). The number of fused-ring (bicyclic) bond motifs is 1. The van der Waals surface area contributed by atoms with Gasteiger partial charge >= 0.3 is 0 Å². The number of pyridine rings is 1. The monoisotopic (exact) mass is 364 g/mol. The molecular weight excluding hydrogens is 350 g/mol. The second-order valence-corrected chi connectivity index (χ2v) is 6.61. The summed E-state index contributed by atoms with van der Waals surface area (Å²) in [5.74, 6) is -2.25. The lowest BCUT2D eigenvalue weighted by Crippen LogP contribution is -2.46. The highest BCUT2D eigenvalue weighted by atomic mass is 35.5. The number of hydrogen-bond donors (Lipinski definition) is 0. The van der Waals surface area contributed by atoms with E-state index in [9.17, 15) is 8.78 Å². The van der Waals surface area contributed by atoms with Gasteiger partial charge in [-0.3, -0.25) is 0 Å². The van der Waals surface area contributed by atoms with E-state index >= 15 is 0 Å². The third-order valence-electron chi connectivity index (χ3n) is 4.39. The van der Waals surface area contributed by atoms with Gasteiger partial charge in [0, 0.05) is 38.0 Å². The van der Waals surface area contributed by atoms with Gasteiger partial charge in [0.2, 0.25) is 0 Å². The van der Waals surface area contributed by atoms with E-state index in [-0.39, 0.29) is 16.8 Å². The smallest absolute Gasteiger partial charge is 0.287 e. The Morgan fingerprint density at radius 3 is 2.76 bits per heavy atom. The first kappa shape index (κ1) is 16.1. The lowest BCUT2D eigenvalue weighted by atomic mass is 10.1. The van der Waals surface area contributed by atoms with Crippen LogP contribution in [0.25, 0.3) is 16.9 Å². The van der Waals surface area contributed by atoms with E-state index in [1.54, 1.807) is 12.3 Å². The molecule has 1 aliphatic rings. The van der Waals surface area contributed by atoms with Crippen LogP contribution in [-0.2, 0) is 5.92 Å². The van der Waals surface area contributed by atoms with Gasteiger partial charge in [-0.1, -0.05) is 11.6 Å². The Morgan fingerprint density at radius 2 is 2.12 bits per heavy atom. The van der Waals surface area contributed by atoms with Crippen LogP contribution in [0.3, 0.4) is 0 Å². The van der Waals surface area contributed by atoms with Gasteiger partial charge in [0.05, 0.1) is 10.9 Å². The van der Waals surface area contributed by atoms with Crippen LogP contribution in [0.1, 0.15) is 26.0 Å². The van der Waals surface area contributed by atoms with E-state index in [0.29, 0.717) is 11.6 Å². The van der Waals surface area contributed by atoms with E-state index in [0.717, 1.165) is 31.1 Å². The van der Waals surface area contributed by atoms with Gasteiger partial charge in [-0.2, -0.15) is 13.5 Å². The summed E-state index contributed by atoms with van der Waals surface area (Å²) in [5.41, 5.74) is 0.269. The van der Waals surface area contributed by atoms with Gasteiger partial charge in [0.15, 0.2) is 5.82 Å². The normalized spacial score (nSPS) is 17.8. The lowest BCUT2D eigenvalue weighted by molar-refractivity contribution is 0.0126. The third kappa shape index (κ3) is 2.70. The number of nitrogens with zero attached hydrogens (tertiary/aromatic N) is 6. The lowest BCUT2D eigenvalue weighted by Gasteiger charge is -2.39. The molecule has 1 atom stereocenters. The van der Waals surface area contributed by atoms with Crippen molar-refractivity contribution >= 4 is 28.3 Å². The average molecular weight is 365 g/mol. The van der Waals surface area contributed by atoms with Crippen LogP contribution in [0, 0.1) is 0 Å². The maximum absolute atomic E-state index is 13.6. The predicted octanol–water partition coefficient (Wildman–Crippen LogP) is 3.57. The van der Waals surface area contributed by atoms with E-state index in [1.165, 1.54) is 16.9 Å². The van der Waals surface area contributed by atoms with Gasteiger partial charge in [-0.25, -0.2) is 15.0 Å². The Balaban J connectivity index is 1.91. The summed E-state index contributed by atoms with van der Waals surface area (Å²) in [6, 6.07) is 3.19. The number of aromatic nitrogens is 5. The maximum atomic E-state index is 13.6. The van der Waals surface area contributed by atoms with Crippen molar-refractivity contribution in [1.82, 2.24) is 24.7 Å². The Hall–Kier alpha value is -2.35. The van der Waals surface area contributed by atoms with Crippen molar-refractivity contribution in [2.45, 2.75) is 32.2 Å². The Bertz CT molecular complexity index is 951. The number of halogens is 3. The highest BCUT2D eigenvalue weighted by Crippen LogP contribution is 2.34. The Morgan fingerprint density at radius 1 is 1.32 bits per heavy atom. The molecule has 25 heavy (non-hydrogen) atoms. The van der Waals surface area contributed by atoms with E-state index in [1.807, 2.05) is 0 Å². The fourth-order valence-corrected chi connectivity index (χ4v) is 3.01. The molecular formula is C16H15ClF2N6. The molecule has 4 heterocycles.